The van der Waals surface area contributed by atoms with Gasteiger partial charge in [0.1, 0.15) is 0 Å². The van der Waals surface area contributed by atoms with Gasteiger partial charge in [0.15, 0.2) is 23.3 Å². The van der Waals surface area contributed by atoms with Crippen molar-refractivity contribution < 1.29 is 17.2 Å². The molecule has 1 aliphatic rings. The lowest BCUT2D eigenvalue weighted by Crippen LogP contribution is -2.49. The fourth-order valence-electron chi connectivity index (χ4n) is 3.09. The third-order valence-electron chi connectivity index (χ3n) is 4.68. The minimum atomic E-state index is -3.90. The maximum atomic E-state index is 13.4. The summed E-state index contributed by atoms with van der Waals surface area (Å²) in [4.78, 5) is 5.67. The smallest absolute Gasteiger partial charge is 0.243 e. The summed E-state index contributed by atoms with van der Waals surface area (Å²) in [5.41, 5.74) is 0.788. The summed E-state index contributed by atoms with van der Waals surface area (Å²) in [5.74, 6) is -1.09. The highest BCUT2D eigenvalue weighted by molar-refractivity contribution is 7.89. The minimum Gasteiger partial charge on any atom is -0.352 e. The number of hydrogen-bond donors (Lipinski definition) is 1. The molecular formula is C19H18F2N6O2S. The number of benzene rings is 1. The first-order chi connectivity index (χ1) is 14.4. The van der Waals surface area contributed by atoms with E-state index in [0.29, 0.717) is 30.8 Å². The second-order valence-corrected chi connectivity index (χ2v) is 8.55. The normalized spacial score (nSPS) is 15.2. The molecule has 3 heterocycles. The number of aromatic nitrogens is 3. The van der Waals surface area contributed by atoms with Crippen molar-refractivity contribution in [2.75, 3.05) is 36.4 Å². The number of nitrogens with one attached hydrogen (secondary N) is 1. The van der Waals surface area contributed by atoms with Crippen molar-refractivity contribution in [1.82, 2.24) is 19.5 Å². The van der Waals surface area contributed by atoms with E-state index in [1.54, 1.807) is 30.6 Å². The predicted molar refractivity (Wildman–Crippen MR) is 107 cm³/mol. The molecule has 1 aromatic carbocycles. The van der Waals surface area contributed by atoms with Gasteiger partial charge in [0.05, 0.1) is 16.8 Å². The lowest BCUT2D eigenvalue weighted by molar-refractivity contribution is 0.383. The molecule has 0 unspecified atom stereocenters. The van der Waals surface area contributed by atoms with Crippen LogP contribution in [0.2, 0.25) is 0 Å². The SMILES string of the molecule is O=S(=O)(c1ccc(F)c(F)c1)N1CCN(c2ccc(Nc3cccnc3)nn2)CC1. The molecule has 0 spiro atoms. The number of rotatable bonds is 5. The highest BCUT2D eigenvalue weighted by Gasteiger charge is 2.29. The Hall–Kier alpha value is -3.18. The van der Waals surface area contributed by atoms with Crippen LogP contribution >= 0.6 is 0 Å². The first-order valence-corrected chi connectivity index (χ1v) is 10.6. The molecule has 3 aromatic rings. The van der Waals surface area contributed by atoms with Crippen molar-refractivity contribution in [1.29, 1.82) is 0 Å². The molecule has 0 atom stereocenters. The molecule has 0 bridgehead atoms. The Morgan fingerprint density at radius 3 is 2.37 bits per heavy atom. The van der Waals surface area contributed by atoms with Crippen LogP contribution in [-0.2, 0) is 10.0 Å². The first kappa shape index (κ1) is 20.1. The van der Waals surface area contributed by atoms with Crippen molar-refractivity contribution in [3.8, 4) is 0 Å². The summed E-state index contributed by atoms with van der Waals surface area (Å²) in [7, 11) is -3.90. The number of sulfonamides is 1. The molecule has 2 aromatic heterocycles. The Morgan fingerprint density at radius 1 is 0.933 bits per heavy atom. The molecule has 0 saturated carbocycles. The van der Waals surface area contributed by atoms with E-state index in [1.807, 2.05) is 11.0 Å². The molecule has 0 aliphatic carbocycles. The molecule has 156 valence electrons. The summed E-state index contributed by atoms with van der Waals surface area (Å²) in [6, 6.07) is 9.82. The average Bonchev–Trinajstić information content (AvgIpc) is 2.77. The number of pyridine rings is 1. The van der Waals surface area contributed by atoms with E-state index in [4.69, 9.17) is 0 Å². The van der Waals surface area contributed by atoms with Gasteiger partial charge in [0.25, 0.3) is 0 Å². The Morgan fingerprint density at radius 2 is 1.73 bits per heavy atom. The van der Waals surface area contributed by atoms with E-state index >= 15 is 0 Å². The quantitative estimate of drug-likeness (QED) is 0.662. The van der Waals surface area contributed by atoms with Crippen LogP contribution in [0.15, 0.2) is 59.8 Å². The predicted octanol–water partition coefficient (Wildman–Crippen LogP) is 2.40. The van der Waals surface area contributed by atoms with Crippen molar-refractivity contribution in [2.24, 2.45) is 0 Å². The van der Waals surface area contributed by atoms with Crippen molar-refractivity contribution >= 4 is 27.3 Å². The Kier molecular flexibility index (Phi) is 5.55. The second kappa shape index (κ2) is 8.28. The zero-order chi connectivity index (χ0) is 21.1. The fraction of sp³-hybridized carbons (Fsp3) is 0.211. The highest BCUT2D eigenvalue weighted by Crippen LogP contribution is 2.22. The Balaban J connectivity index is 1.40. The van der Waals surface area contributed by atoms with Gasteiger partial charge in [-0.1, -0.05) is 0 Å². The van der Waals surface area contributed by atoms with Crippen molar-refractivity contribution in [2.45, 2.75) is 4.90 Å². The Bertz CT molecular complexity index is 1120. The molecule has 8 nitrogen and oxygen atoms in total. The number of piperazine rings is 1. The molecule has 0 radical (unpaired) electrons. The lowest BCUT2D eigenvalue weighted by atomic mass is 10.3. The van der Waals surface area contributed by atoms with Crippen LogP contribution in [-0.4, -0.2) is 54.1 Å². The third kappa shape index (κ3) is 4.21. The van der Waals surface area contributed by atoms with E-state index in [2.05, 4.69) is 20.5 Å². The van der Waals surface area contributed by atoms with Crippen molar-refractivity contribution in [3.63, 3.8) is 0 Å². The summed E-state index contributed by atoms with van der Waals surface area (Å²) >= 11 is 0. The van der Waals surface area contributed by atoms with Gasteiger partial charge in [-0.2, -0.15) is 4.31 Å². The largest absolute Gasteiger partial charge is 0.352 e. The molecule has 0 amide bonds. The highest BCUT2D eigenvalue weighted by atomic mass is 32.2. The molecule has 1 aliphatic heterocycles. The van der Waals surface area contributed by atoms with Crippen LogP contribution in [0.4, 0.5) is 26.1 Å². The van der Waals surface area contributed by atoms with Gasteiger partial charge in [0, 0.05) is 32.4 Å². The lowest BCUT2D eigenvalue weighted by Gasteiger charge is -2.34. The van der Waals surface area contributed by atoms with Crippen LogP contribution in [0.3, 0.4) is 0 Å². The zero-order valence-corrected chi connectivity index (χ0v) is 16.6. The summed E-state index contributed by atoms with van der Waals surface area (Å²) in [6.07, 6.45) is 3.34. The molecule has 1 fully saturated rings. The van der Waals surface area contributed by atoms with Crippen LogP contribution in [0.5, 0.6) is 0 Å². The molecular weight excluding hydrogens is 414 g/mol. The van der Waals surface area contributed by atoms with Gasteiger partial charge in [-0.05, 0) is 42.5 Å². The van der Waals surface area contributed by atoms with E-state index < -0.39 is 21.7 Å². The van der Waals surface area contributed by atoms with Gasteiger partial charge in [-0.3, -0.25) is 4.98 Å². The van der Waals surface area contributed by atoms with E-state index in [1.165, 1.54) is 4.31 Å². The zero-order valence-electron chi connectivity index (χ0n) is 15.7. The molecule has 30 heavy (non-hydrogen) atoms. The van der Waals surface area contributed by atoms with Gasteiger partial charge < -0.3 is 10.2 Å². The maximum Gasteiger partial charge on any atom is 0.243 e. The van der Waals surface area contributed by atoms with E-state index in [0.717, 1.165) is 17.8 Å². The first-order valence-electron chi connectivity index (χ1n) is 9.14. The second-order valence-electron chi connectivity index (χ2n) is 6.61. The summed E-state index contributed by atoms with van der Waals surface area (Å²) in [6.45, 7) is 1.18. The Labute approximate surface area is 172 Å². The fourth-order valence-corrected chi connectivity index (χ4v) is 4.52. The number of halogens is 2. The summed E-state index contributed by atoms with van der Waals surface area (Å²) in [5, 5.41) is 11.4. The van der Waals surface area contributed by atoms with Gasteiger partial charge in [0.2, 0.25) is 10.0 Å². The van der Waals surface area contributed by atoms with Gasteiger partial charge in [-0.25, -0.2) is 17.2 Å². The van der Waals surface area contributed by atoms with Gasteiger partial charge in [-0.15, -0.1) is 10.2 Å². The number of hydrogen-bond acceptors (Lipinski definition) is 7. The van der Waals surface area contributed by atoms with E-state index in [-0.39, 0.29) is 18.0 Å². The molecule has 1 N–H and O–H groups in total. The maximum absolute atomic E-state index is 13.4. The number of nitrogens with zero attached hydrogens (tertiary/aromatic N) is 5. The van der Waals surface area contributed by atoms with Gasteiger partial charge >= 0.3 is 0 Å². The van der Waals surface area contributed by atoms with Crippen LogP contribution < -0.4 is 10.2 Å². The topological polar surface area (TPSA) is 91.3 Å². The molecule has 1 saturated heterocycles. The summed E-state index contributed by atoms with van der Waals surface area (Å²) < 4.78 is 53.2. The van der Waals surface area contributed by atoms with Crippen LogP contribution in [0, 0.1) is 11.6 Å². The molecule has 11 heteroatoms. The monoisotopic (exact) mass is 432 g/mol. The van der Waals surface area contributed by atoms with Crippen molar-refractivity contribution in [3.05, 3.63) is 66.5 Å². The standard InChI is InChI=1S/C19H18F2N6O2S/c20-16-4-3-15(12-17(16)21)30(28,29)27-10-8-26(9-11-27)19-6-5-18(24-25-19)23-14-2-1-7-22-13-14/h1-7,12-13H,8-11H2,(H,23,24). The molecule has 4 rings (SSSR count). The van der Waals surface area contributed by atoms with Crippen LogP contribution in [0.25, 0.3) is 0 Å². The average molecular weight is 432 g/mol. The number of anilines is 3. The minimum absolute atomic E-state index is 0.193. The van der Waals surface area contributed by atoms with E-state index in [9.17, 15) is 17.2 Å². The van der Waals surface area contributed by atoms with Crippen LogP contribution in [0.1, 0.15) is 0 Å². The third-order valence-corrected chi connectivity index (χ3v) is 6.57.